The van der Waals surface area contributed by atoms with Gasteiger partial charge >= 0.3 is 0 Å². The number of halogens is 2. The van der Waals surface area contributed by atoms with Crippen LogP contribution in [0.4, 0.5) is 10.1 Å². The molecule has 1 aliphatic carbocycles. The molecular weight excluding hydrogens is 421 g/mol. The van der Waals surface area contributed by atoms with Gasteiger partial charge in [-0.2, -0.15) is 10.2 Å². The zero-order valence-corrected chi connectivity index (χ0v) is 17.0. The standard InChI is InChI=1S/C22H17ClFN5O2/c23-14-2-1-3-17(10-14)29-21-18(11-25-29)20(13-4-5-13)27-28(22(21)31)12-19(30)26-16-8-6-15(24)7-9-16/h1-3,6-11,13H,4-5,12H2,(H,26,30). The molecule has 1 N–H and O–H groups in total. The molecule has 2 aromatic heterocycles. The van der Waals surface area contributed by atoms with Crippen molar-refractivity contribution in [1.82, 2.24) is 19.6 Å². The van der Waals surface area contributed by atoms with Crippen LogP contribution in [0.3, 0.4) is 0 Å². The molecule has 0 aliphatic heterocycles. The van der Waals surface area contributed by atoms with Crippen LogP contribution in [0.1, 0.15) is 24.5 Å². The number of anilines is 1. The molecule has 0 atom stereocenters. The molecule has 156 valence electrons. The fourth-order valence-electron chi connectivity index (χ4n) is 3.53. The minimum absolute atomic E-state index is 0.242. The van der Waals surface area contributed by atoms with Gasteiger partial charge in [0, 0.05) is 22.0 Å². The lowest BCUT2D eigenvalue weighted by Gasteiger charge is -2.10. The average molecular weight is 438 g/mol. The van der Waals surface area contributed by atoms with E-state index in [9.17, 15) is 14.0 Å². The van der Waals surface area contributed by atoms with Crippen LogP contribution in [0.15, 0.2) is 59.5 Å². The Morgan fingerprint density at radius 2 is 1.97 bits per heavy atom. The number of hydrogen-bond acceptors (Lipinski definition) is 4. The maximum atomic E-state index is 13.3. The molecule has 5 rings (SSSR count). The van der Waals surface area contributed by atoms with Gasteiger partial charge in [0.1, 0.15) is 17.9 Å². The highest BCUT2D eigenvalue weighted by Gasteiger charge is 2.30. The van der Waals surface area contributed by atoms with Gasteiger partial charge in [0.05, 0.1) is 17.6 Å². The first-order valence-corrected chi connectivity index (χ1v) is 10.2. The molecule has 0 spiro atoms. The molecule has 0 bridgehead atoms. The van der Waals surface area contributed by atoms with Crippen molar-refractivity contribution in [1.29, 1.82) is 0 Å². The van der Waals surface area contributed by atoms with Crippen molar-refractivity contribution in [3.63, 3.8) is 0 Å². The van der Waals surface area contributed by atoms with Crippen LogP contribution >= 0.6 is 11.6 Å². The largest absolute Gasteiger partial charge is 0.324 e. The number of fused-ring (bicyclic) bond motifs is 1. The number of nitrogens with one attached hydrogen (secondary N) is 1. The number of aromatic nitrogens is 4. The fraction of sp³-hybridized carbons (Fsp3) is 0.182. The summed E-state index contributed by atoms with van der Waals surface area (Å²) in [6.45, 7) is -0.271. The molecule has 9 heteroatoms. The van der Waals surface area contributed by atoms with E-state index in [0.29, 0.717) is 27.3 Å². The van der Waals surface area contributed by atoms with E-state index < -0.39 is 17.3 Å². The highest BCUT2D eigenvalue weighted by Crippen LogP contribution is 2.41. The predicted molar refractivity (Wildman–Crippen MR) is 115 cm³/mol. The molecule has 2 aromatic carbocycles. The van der Waals surface area contributed by atoms with Crippen LogP contribution in [-0.2, 0) is 11.3 Å². The maximum Gasteiger partial charge on any atom is 0.293 e. The first-order valence-electron chi connectivity index (χ1n) is 9.80. The van der Waals surface area contributed by atoms with Crippen LogP contribution in [0.2, 0.25) is 5.02 Å². The van der Waals surface area contributed by atoms with E-state index in [0.717, 1.165) is 23.2 Å². The van der Waals surface area contributed by atoms with Crippen LogP contribution in [0, 0.1) is 5.82 Å². The zero-order valence-electron chi connectivity index (χ0n) is 16.3. The number of carbonyl (C=O) groups excluding carboxylic acids is 1. The van der Waals surface area contributed by atoms with Gasteiger partial charge in [0.25, 0.3) is 5.56 Å². The van der Waals surface area contributed by atoms with Gasteiger partial charge in [0.15, 0.2) is 0 Å². The SMILES string of the molecule is O=C(Cn1nc(C2CC2)c2cnn(-c3cccc(Cl)c3)c2c1=O)Nc1ccc(F)cc1. The van der Waals surface area contributed by atoms with E-state index in [4.69, 9.17) is 11.6 Å². The first-order chi connectivity index (χ1) is 15.0. The van der Waals surface area contributed by atoms with Gasteiger partial charge in [-0.25, -0.2) is 13.8 Å². The van der Waals surface area contributed by atoms with Crippen molar-refractivity contribution >= 4 is 34.1 Å². The number of amides is 1. The Kier molecular flexibility index (Phi) is 4.78. The van der Waals surface area contributed by atoms with E-state index in [1.54, 1.807) is 30.5 Å². The van der Waals surface area contributed by atoms with Gasteiger partial charge in [0.2, 0.25) is 5.91 Å². The summed E-state index contributed by atoms with van der Waals surface area (Å²) in [5.41, 5.74) is 1.78. The summed E-state index contributed by atoms with van der Waals surface area (Å²) in [6.07, 6.45) is 3.59. The maximum absolute atomic E-state index is 13.3. The average Bonchev–Trinajstić information content (AvgIpc) is 3.49. The highest BCUT2D eigenvalue weighted by atomic mass is 35.5. The van der Waals surface area contributed by atoms with Crippen molar-refractivity contribution in [2.24, 2.45) is 0 Å². The Labute approximate surface area is 181 Å². The lowest BCUT2D eigenvalue weighted by Crippen LogP contribution is -2.31. The minimum Gasteiger partial charge on any atom is -0.324 e. The molecule has 0 unspecified atom stereocenters. The quantitative estimate of drug-likeness (QED) is 0.513. The number of hydrogen-bond donors (Lipinski definition) is 1. The van der Waals surface area contributed by atoms with Crippen molar-refractivity contribution in [2.45, 2.75) is 25.3 Å². The Bertz CT molecular complexity index is 1360. The second-order valence-corrected chi connectivity index (χ2v) is 7.91. The summed E-state index contributed by atoms with van der Waals surface area (Å²) in [7, 11) is 0. The molecule has 7 nitrogen and oxygen atoms in total. The summed E-state index contributed by atoms with van der Waals surface area (Å²) in [4.78, 5) is 25.8. The fourth-order valence-corrected chi connectivity index (χ4v) is 3.72. The van der Waals surface area contributed by atoms with Crippen LogP contribution < -0.4 is 10.9 Å². The lowest BCUT2D eigenvalue weighted by molar-refractivity contribution is -0.117. The molecule has 1 fully saturated rings. The normalized spacial score (nSPS) is 13.5. The Hall–Kier alpha value is -3.52. The molecule has 4 aromatic rings. The Morgan fingerprint density at radius 1 is 1.19 bits per heavy atom. The van der Waals surface area contributed by atoms with E-state index in [1.165, 1.54) is 28.9 Å². The second kappa shape index (κ2) is 7.63. The molecular formula is C22H17ClFN5O2. The smallest absolute Gasteiger partial charge is 0.293 e. The summed E-state index contributed by atoms with van der Waals surface area (Å²) in [5, 5.41) is 12.8. The Morgan fingerprint density at radius 3 is 2.68 bits per heavy atom. The van der Waals surface area contributed by atoms with Gasteiger partial charge in [-0.3, -0.25) is 9.59 Å². The van der Waals surface area contributed by atoms with E-state index in [-0.39, 0.29) is 12.5 Å². The number of nitrogens with zero attached hydrogens (tertiary/aromatic N) is 4. The summed E-state index contributed by atoms with van der Waals surface area (Å²) in [6, 6.07) is 12.5. The van der Waals surface area contributed by atoms with Crippen molar-refractivity contribution in [3.05, 3.63) is 81.6 Å². The molecule has 0 radical (unpaired) electrons. The molecule has 1 saturated carbocycles. The van der Waals surface area contributed by atoms with Gasteiger partial charge in [-0.1, -0.05) is 17.7 Å². The minimum atomic E-state index is -0.434. The topological polar surface area (TPSA) is 81.8 Å². The zero-order chi connectivity index (χ0) is 21.5. The summed E-state index contributed by atoms with van der Waals surface area (Å²) >= 11 is 6.12. The van der Waals surface area contributed by atoms with Gasteiger partial charge in [-0.15, -0.1) is 0 Å². The van der Waals surface area contributed by atoms with Gasteiger partial charge < -0.3 is 5.32 Å². The third kappa shape index (κ3) is 3.82. The van der Waals surface area contributed by atoms with Gasteiger partial charge in [-0.05, 0) is 55.3 Å². The number of rotatable bonds is 5. The second-order valence-electron chi connectivity index (χ2n) is 7.48. The lowest BCUT2D eigenvalue weighted by atomic mass is 10.2. The predicted octanol–water partition coefficient (Wildman–Crippen LogP) is 3.89. The van der Waals surface area contributed by atoms with Crippen molar-refractivity contribution in [2.75, 3.05) is 5.32 Å². The van der Waals surface area contributed by atoms with Crippen LogP contribution in [-0.4, -0.2) is 25.5 Å². The van der Waals surface area contributed by atoms with E-state index in [2.05, 4.69) is 15.5 Å². The highest BCUT2D eigenvalue weighted by molar-refractivity contribution is 6.30. The number of carbonyl (C=O) groups is 1. The van der Waals surface area contributed by atoms with Crippen molar-refractivity contribution in [3.8, 4) is 5.69 Å². The van der Waals surface area contributed by atoms with Crippen LogP contribution in [0.25, 0.3) is 16.6 Å². The first kappa shape index (κ1) is 19.4. The third-order valence-electron chi connectivity index (χ3n) is 5.15. The van der Waals surface area contributed by atoms with Crippen molar-refractivity contribution < 1.29 is 9.18 Å². The Balaban J connectivity index is 1.56. The van der Waals surface area contributed by atoms with Crippen LogP contribution in [0.5, 0.6) is 0 Å². The molecule has 1 amide bonds. The summed E-state index contributed by atoms with van der Waals surface area (Å²) < 4.78 is 15.8. The summed E-state index contributed by atoms with van der Waals surface area (Å²) in [5.74, 6) is -0.590. The third-order valence-corrected chi connectivity index (χ3v) is 5.38. The van der Waals surface area contributed by atoms with E-state index >= 15 is 0 Å². The molecule has 1 aliphatic rings. The molecule has 31 heavy (non-hydrogen) atoms. The van der Waals surface area contributed by atoms with E-state index in [1.807, 2.05) is 0 Å². The molecule has 2 heterocycles. The molecule has 0 saturated heterocycles. The number of benzene rings is 2. The monoisotopic (exact) mass is 437 g/mol.